The summed E-state index contributed by atoms with van der Waals surface area (Å²) >= 11 is 0. The summed E-state index contributed by atoms with van der Waals surface area (Å²) in [4.78, 5) is 17.1. The highest BCUT2D eigenvalue weighted by atomic mass is 16.7. The average molecular weight is 531 g/mol. The molecular formula is C28H54N2O7. The Morgan fingerprint density at radius 2 is 1.68 bits per heavy atom. The first-order chi connectivity index (χ1) is 17.0. The lowest BCUT2D eigenvalue weighted by atomic mass is 9.78. The third kappa shape index (κ3) is 8.59. The van der Waals surface area contributed by atoms with Crippen molar-refractivity contribution in [3.8, 4) is 0 Å². The molecule has 9 nitrogen and oxygen atoms in total. The van der Waals surface area contributed by atoms with Crippen molar-refractivity contribution in [3.05, 3.63) is 0 Å². The number of carbonyl (C=O) groups excluding carboxylic acids is 1. The third-order valence-corrected chi connectivity index (χ3v) is 8.62. The van der Waals surface area contributed by atoms with Gasteiger partial charge in [0.15, 0.2) is 6.29 Å². The molecule has 0 saturated carbocycles. The topological polar surface area (TPSA) is 112 Å². The second-order valence-electron chi connectivity index (χ2n) is 12.6. The molecular weight excluding hydrogens is 476 g/mol. The van der Waals surface area contributed by atoms with Gasteiger partial charge < -0.3 is 39.3 Å². The van der Waals surface area contributed by atoms with E-state index < -0.39 is 48.0 Å². The zero-order valence-electron chi connectivity index (χ0n) is 24.8. The fourth-order valence-electron chi connectivity index (χ4n) is 6.08. The van der Waals surface area contributed by atoms with E-state index in [2.05, 4.69) is 16.7 Å². The van der Waals surface area contributed by atoms with Crippen LogP contribution in [0.15, 0.2) is 0 Å². The van der Waals surface area contributed by atoms with Crippen molar-refractivity contribution in [2.45, 2.75) is 116 Å². The average Bonchev–Trinajstić information content (AvgIpc) is 2.81. The maximum absolute atomic E-state index is 12.9. The predicted octanol–water partition coefficient (Wildman–Crippen LogP) is 2.11. The molecule has 0 spiro atoms. The number of aliphatic hydroxyl groups excluding tert-OH is 2. The number of rotatable bonds is 3. The van der Waals surface area contributed by atoms with Crippen molar-refractivity contribution in [3.63, 3.8) is 0 Å². The molecule has 9 heteroatoms. The minimum absolute atomic E-state index is 0.00466. The quantitative estimate of drug-likeness (QED) is 0.472. The molecule has 2 heterocycles. The summed E-state index contributed by atoms with van der Waals surface area (Å²) in [6.07, 6.45) is -1.17. The minimum atomic E-state index is -1.31. The van der Waals surface area contributed by atoms with Gasteiger partial charge in [-0.2, -0.15) is 0 Å². The van der Waals surface area contributed by atoms with E-state index in [0.29, 0.717) is 19.4 Å². The van der Waals surface area contributed by atoms with Gasteiger partial charge in [-0.25, -0.2) is 0 Å². The number of cyclic esters (lactones) is 1. The molecule has 2 rings (SSSR count). The Hall–Kier alpha value is -0.810. The van der Waals surface area contributed by atoms with Crippen molar-refractivity contribution in [1.29, 1.82) is 0 Å². The van der Waals surface area contributed by atoms with Gasteiger partial charge in [-0.15, -0.1) is 0 Å². The number of hydrogen-bond donors (Lipinski definition) is 3. The number of aliphatic hydroxyl groups is 3. The first kappa shape index (κ1) is 32.4. The van der Waals surface area contributed by atoms with Gasteiger partial charge in [0.1, 0.15) is 0 Å². The van der Waals surface area contributed by atoms with Gasteiger partial charge in [0.25, 0.3) is 0 Å². The summed E-state index contributed by atoms with van der Waals surface area (Å²) in [7, 11) is 6.03. The van der Waals surface area contributed by atoms with Crippen molar-refractivity contribution in [2.75, 3.05) is 34.3 Å². The maximum Gasteiger partial charge on any atom is 0.311 e. The van der Waals surface area contributed by atoms with Crippen LogP contribution in [-0.2, 0) is 19.0 Å². The Balaban J connectivity index is 2.38. The Morgan fingerprint density at radius 3 is 2.27 bits per heavy atom. The number of hydrogen-bond acceptors (Lipinski definition) is 9. The Morgan fingerprint density at radius 1 is 1.05 bits per heavy atom. The van der Waals surface area contributed by atoms with Crippen LogP contribution < -0.4 is 0 Å². The lowest BCUT2D eigenvalue weighted by molar-refractivity contribution is -0.267. The van der Waals surface area contributed by atoms with Crippen LogP contribution in [0, 0.1) is 23.7 Å². The summed E-state index contributed by atoms with van der Waals surface area (Å²) in [5.74, 6) is -2.13. The molecule has 0 aromatic rings. The molecule has 2 aliphatic heterocycles. The highest BCUT2D eigenvalue weighted by molar-refractivity contribution is 5.72. The van der Waals surface area contributed by atoms with Crippen LogP contribution in [-0.4, -0.2) is 114 Å². The van der Waals surface area contributed by atoms with Gasteiger partial charge in [-0.1, -0.05) is 20.8 Å². The monoisotopic (exact) mass is 530 g/mol. The maximum atomic E-state index is 12.9. The second-order valence-corrected chi connectivity index (χ2v) is 12.6. The van der Waals surface area contributed by atoms with Gasteiger partial charge in [-0.05, 0) is 67.6 Å². The largest absolute Gasteiger partial charge is 0.465 e. The smallest absolute Gasteiger partial charge is 0.311 e. The van der Waals surface area contributed by atoms with Crippen LogP contribution in [0.4, 0.5) is 0 Å². The van der Waals surface area contributed by atoms with Crippen molar-refractivity contribution >= 4 is 5.97 Å². The lowest BCUT2D eigenvalue weighted by Crippen LogP contribution is -2.54. The molecule has 3 N–H and O–H groups in total. The molecule has 218 valence electrons. The summed E-state index contributed by atoms with van der Waals surface area (Å²) in [6, 6.07) is 0.109. The van der Waals surface area contributed by atoms with Gasteiger partial charge in [0.05, 0.1) is 42.5 Å². The number of esters is 1. The van der Waals surface area contributed by atoms with E-state index in [1.54, 1.807) is 13.8 Å². The van der Waals surface area contributed by atoms with Crippen LogP contribution in [0.5, 0.6) is 0 Å². The van der Waals surface area contributed by atoms with E-state index in [0.717, 1.165) is 6.42 Å². The molecule has 37 heavy (non-hydrogen) atoms. The first-order valence-corrected chi connectivity index (χ1v) is 14.0. The highest BCUT2D eigenvalue weighted by Gasteiger charge is 2.46. The van der Waals surface area contributed by atoms with Crippen molar-refractivity contribution < 1.29 is 34.3 Å². The van der Waals surface area contributed by atoms with Crippen LogP contribution in [0.2, 0.25) is 0 Å². The zero-order valence-corrected chi connectivity index (χ0v) is 24.8. The summed E-state index contributed by atoms with van der Waals surface area (Å²) in [6.45, 7) is 13.8. The molecule has 2 fully saturated rings. The molecule has 2 aliphatic rings. The van der Waals surface area contributed by atoms with E-state index in [9.17, 15) is 20.1 Å². The van der Waals surface area contributed by atoms with Gasteiger partial charge >= 0.3 is 5.97 Å². The minimum Gasteiger partial charge on any atom is -0.465 e. The van der Waals surface area contributed by atoms with Gasteiger partial charge in [0, 0.05) is 36.9 Å². The summed E-state index contributed by atoms with van der Waals surface area (Å²) in [5, 5.41) is 34.0. The van der Waals surface area contributed by atoms with Crippen LogP contribution in [0.3, 0.4) is 0 Å². The molecule has 0 aromatic heterocycles. The summed E-state index contributed by atoms with van der Waals surface area (Å²) in [5.41, 5.74) is -1.31. The number of nitrogens with zero attached hydrogens (tertiary/aromatic N) is 2. The van der Waals surface area contributed by atoms with E-state index in [1.165, 1.54) is 0 Å². The summed E-state index contributed by atoms with van der Waals surface area (Å²) < 4.78 is 18.2. The lowest BCUT2D eigenvalue weighted by Gasteiger charge is -2.45. The molecule has 0 aromatic carbocycles. The Bertz CT molecular complexity index is 721. The standard InChI is InChI=1S/C28H54N2O7/c1-16-13-28(7,34)26(37-23-12-22(29(8)9)11-18(3)36-23)19(4)25(32)20(5)27(33)35-15-17(2)24(31)21(6)30(10)14-16/h16-26,31-32,34H,11-15H2,1-10H3/t16-,17?,18?,19+,20?,21?,22?,23?,24?,25+,26-,28-/m1/s1. The third-order valence-electron chi connectivity index (χ3n) is 8.62. The molecule has 2 saturated heterocycles. The Kier molecular flexibility index (Phi) is 11.8. The SMILES string of the molecule is CC1CC(N(C)C)CC(O[C@@H]2[C@@H](C)[C@H](O)C(C)C(=O)OCC(C)C(O)C(C)N(C)C[C@H](C)C[C@@]2(C)O)O1. The van der Waals surface area contributed by atoms with Crippen LogP contribution in [0.25, 0.3) is 0 Å². The molecule has 0 radical (unpaired) electrons. The van der Waals surface area contributed by atoms with Gasteiger partial charge in [0.2, 0.25) is 0 Å². The van der Waals surface area contributed by atoms with E-state index in [4.69, 9.17) is 14.2 Å². The van der Waals surface area contributed by atoms with Crippen LogP contribution in [0.1, 0.15) is 67.7 Å². The number of ether oxygens (including phenoxy) is 3. The molecule has 0 aliphatic carbocycles. The Labute approximate surface area is 224 Å². The van der Waals surface area contributed by atoms with E-state index in [1.807, 2.05) is 48.8 Å². The molecule has 0 bridgehead atoms. The fourth-order valence-corrected chi connectivity index (χ4v) is 6.08. The predicted molar refractivity (Wildman–Crippen MR) is 143 cm³/mol. The molecule has 12 atom stereocenters. The van der Waals surface area contributed by atoms with Crippen molar-refractivity contribution in [1.82, 2.24) is 9.80 Å². The van der Waals surface area contributed by atoms with E-state index >= 15 is 0 Å². The highest BCUT2D eigenvalue weighted by Crippen LogP contribution is 2.35. The second kappa shape index (κ2) is 13.5. The fraction of sp³-hybridized carbons (Fsp3) is 0.964. The first-order valence-electron chi connectivity index (χ1n) is 14.0. The van der Waals surface area contributed by atoms with E-state index in [-0.39, 0.29) is 36.6 Å². The number of likely N-dealkylation sites (N-methyl/N-ethyl adjacent to an activating group) is 1. The van der Waals surface area contributed by atoms with Crippen LogP contribution >= 0.6 is 0 Å². The molecule has 0 amide bonds. The van der Waals surface area contributed by atoms with Crippen molar-refractivity contribution in [2.24, 2.45) is 23.7 Å². The number of carbonyl (C=O) groups is 1. The molecule has 7 unspecified atom stereocenters. The normalized spacial score (nSPS) is 46.2. The van der Waals surface area contributed by atoms with Gasteiger partial charge in [-0.3, -0.25) is 4.79 Å². The zero-order chi connectivity index (χ0) is 28.2.